The molecule has 0 fully saturated rings. The van der Waals surface area contributed by atoms with Gasteiger partial charge in [-0.2, -0.15) is 0 Å². The number of ether oxygens (including phenoxy) is 1. The van der Waals surface area contributed by atoms with Crippen molar-refractivity contribution in [1.82, 2.24) is 10.2 Å². The lowest BCUT2D eigenvalue weighted by atomic mass is 10.2. The van der Waals surface area contributed by atoms with Crippen LogP contribution < -0.4 is 10.1 Å². The van der Waals surface area contributed by atoms with Gasteiger partial charge in [-0.15, -0.1) is 10.2 Å². The van der Waals surface area contributed by atoms with E-state index in [4.69, 9.17) is 16.3 Å². The van der Waals surface area contributed by atoms with Crippen molar-refractivity contribution in [3.05, 3.63) is 64.7 Å². The number of aromatic nitrogens is 2. The maximum Gasteiger partial charge on any atom is 0.261 e. The van der Waals surface area contributed by atoms with Crippen LogP contribution in [0.4, 0.5) is 5.13 Å². The van der Waals surface area contributed by atoms with Gasteiger partial charge < -0.3 is 4.74 Å². The van der Waals surface area contributed by atoms with Crippen LogP contribution in [0.2, 0.25) is 5.02 Å². The van der Waals surface area contributed by atoms with Crippen LogP contribution in [0.5, 0.6) is 5.75 Å². The van der Waals surface area contributed by atoms with Gasteiger partial charge in [-0.05, 0) is 29.5 Å². The molecule has 0 aliphatic heterocycles. The fourth-order valence-electron chi connectivity index (χ4n) is 2.15. The molecular weight excluding hydrogens is 390 g/mol. The first-order valence-electron chi connectivity index (χ1n) is 7.89. The monoisotopic (exact) mass is 405 g/mol. The fourth-order valence-corrected chi connectivity index (χ4v) is 3.96. The summed E-state index contributed by atoms with van der Waals surface area (Å²) in [4.78, 5) is 12.6. The molecule has 2 aromatic carbocycles. The summed E-state index contributed by atoms with van der Waals surface area (Å²) in [5.74, 6) is 1.03. The van der Waals surface area contributed by atoms with E-state index in [2.05, 4.69) is 15.5 Å². The normalized spacial score (nSPS) is 10.5. The summed E-state index contributed by atoms with van der Waals surface area (Å²) in [5, 5.41) is 11.7. The molecule has 1 aromatic heterocycles. The molecule has 8 heteroatoms. The zero-order chi connectivity index (χ0) is 18.4. The first kappa shape index (κ1) is 18.7. The zero-order valence-corrected chi connectivity index (χ0v) is 16.3. The van der Waals surface area contributed by atoms with Gasteiger partial charge in [-0.3, -0.25) is 10.1 Å². The van der Waals surface area contributed by atoms with Crippen LogP contribution in [-0.4, -0.2) is 21.9 Å². The van der Waals surface area contributed by atoms with Gasteiger partial charge in [0.1, 0.15) is 12.4 Å². The number of halogens is 1. The number of rotatable bonds is 7. The molecule has 0 saturated heterocycles. The molecular formula is C18H16ClN3O2S2. The molecule has 5 nitrogen and oxygen atoms in total. The Labute approximate surface area is 164 Å². The molecule has 0 atom stereocenters. The number of thioether (sulfide) groups is 1. The summed E-state index contributed by atoms with van der Waals surface area (Å²) in [6.45, 7) is 2.39. The Morgan fingerprint density at radius 3 is 2.81 bits per heavy atom. The largest absolute Gasteiger partial charge is 0.488 e. The molecule has 3 rings (SSSR count). The number of carbonyl (C=O) groups excluding carboxylic acids is 1. The molecule has 0 unspecified atom stereocenters. The minimum absolute atomic E-state index is 0.334. The van der Waals surface area contributed by atoms with E-state index in [1.54, 1.807) is 30.0 Å². The fraction of sp³-hybridized carbons (Fsp3) is 0.167. The molecule has 0 bridgehead atoms. The summed E-state index contributed by atoms with van der Waals surface area (Å²) in [7, 11) is 0. The standard InChI is InChI=1S/C18H16ClN3O2S2/c1-2-25-18-22-21-17(26-18)20-16(23)14-10-13(19)8-9-15(14)24-11-12-6-4-3-5-7-12/h3-10H,2,11H2,1H3,(H,20,21,23). The van der Waals surface area contributed by atoms with Crippen molar-refractivity contribution in [3.63, 3.8) is 0 Å². The van der Waals surface area contributed by atoms with Gasteiger partial charge in [0.05, 0.1) is 5.56 Å². The Morgan fingerprint density at radius 1 is 1.23 bits per heavy atom. The Hall–Kier alpha value is -2.09. The highest BCUT2D eigenvalue weighted by molar-refractivity contribution is 8.01. The van der Waals surface area contributed by atoms with E-state index < -0.39 is 0 Å². The van der Waals surface area contributed by atoms with Crippen LogP contribution in [0.25, 0.3) is 0 Å². The number of hydrogen-bond acceptors (Lipinski definition) is 6. The highest BCUT2D eigenvalue weighted by Gasteiger charge is 2.16. The quantitative estimate of drug-likeness (QED) is 0.435. The summed E-state index contributed by atoms with van der Waals surface area (Å²) in [5.41, 5.74) is 1.37. The molecule has 26 heavy (non-hydrogen) atoms. The van der Waals surface area contributed by atoms with Crippen molar-refractivity contribution in [1.29, 1.82) is 0 Å². The van der Waals surface area contributed by atoms with Crippen molar-refractivity contribution in [3.8, 4) is 5.75 Å². The summed E-state index contributed by atoms with van der Waals surface area (Å²) >= 11 is 8.98. The average Bonchev–Trinajstić information content (AvgIpc) is 3.09. The van der Waals surface area contributed by atoms with Crippen molar-refractivity contribution in [2.24, 2.45) is 0 Å². The lowest BCUT2D eigenvalue weighted by Crippen LogP contribution is -2.13. The van der Waals surface area contributed by atoms with Crippen molar-refractivity contribution in [2.45, 2.75) is 17.9 Å². The van der Waals surface area contributed by atoms with E-state index in [0.717, 1.165) is 15.7 Å². The first-order chi connectivity index (χ1) is 12.7. The van der Waals surface area contributed by atoms with Crippen molar-refractivity contribution < 1.29 is 9.53 Å². The number of carbonyl (C=O) groups is 1. The predicted octanol–water partition coefficient (Wildman–Crippen LogP) is 5.13. The lowest BCUT2D eigenvalue weighted by molar-refractivity contribution is 0.102. The number of amides is 1. The SMILES string of the molecule is CCSc1nnc(NC(=O)c2cc(Cl)ccc2OCc2ccccc2)s1. The van der Waals surface area contributed by atoms with Crippen molar-refractivity contribution in [2.75, 3.05) is 11.1 Å². The van der Waals surface area contributed by atoms with Gasteiger partial charge in [0.15, 0.2) is 4.34 Å². The Morgan fingerprint density at radius 2 is 2.04 bits per heavy atom. The third-order valence-corrected chi connectivity index (χ3v) is 5.41. The second-order valence-electron chi connectivity index (χ2n) is 5.18. The number of hydrogen-bond donors (Lipinski definition) is 1. The first-order valence-corrected chi connectivity index (χ1v) is 10.1. The highest BCUT2D eigenvalue weighted by atomic mass is 35.5. The summed E-state index contributed by atoms with van der Waals surface area (Å²) < 4.78 is 6.64. The van der Waals surface area contributed by atoms with Gasteiger partial charge >= 0.3 is 0 Å². The zero-order valence-electron chi connectivity index (χ0n) is 13.9. The van der Waals surface area contributed by atoms with E-state index in [9.17, 15) is 4.79 Å². The second kappa shape index (κ2) is 9.02. The lowest BCUT2D eigenvalue weighted by Gasteiger charge is -2.11. The van der Waals surface area contributed by atoms with Crippen LogP contribution in [0, 0.1) is 0 Å². The van der Waals surface area contributed by atoms with Crippen molar-refractivity contribution >= 4 is 45.7 Å². The van der Waals surface area contributed by atoms with Crippen LogP contribution in [0.1, 0.15) is 22.8 Å². The van der Waals surface area contributed by atoms with Gasteiger partial charge in [-0.1, -0.05) is 72.0 Å². The molecule has 0 saturated carbocycles. The third kappa shape index (κ3) is 4.97. The van der Waals surface area contributed by atoms with Crippen LogP contribution in [0.3, 0.4) is 0 Å². The maximum atomic E-state index is 12.6. The highest BCUT2D eigenvalue weighted by Crippen LogP contribution is 2.28. The Balaban J connectivity index is 1.74. The van der Waals surface area contributed by atoms with Gasteiger partial charge in [0.2, 0.25) is 5.13 Å². The number of benzene rings is 2. The molecule has 134 valence electrons. The second-order valence-corrected chi connectivity index (χ2v) is 8.10. The number of nitrogens with one attached hydrogen (secondary N) is 1. The van der Waals surface area contributed by atoms with E-state index in [1.165, 1.54) is 11.3 Å². The molecule has 0 radical (unpaired) electrons. The maximum absolute atomic E-state index is 12.6. The van der Waals surface area contributed by atoms with Crippen LogP contribution in [0.15, 0.2) is 52.9 Å². The van der Waals surface area contributed by atoms with E-state index in [0.29, 0.717) is 28.1 Å². The van der Waals surface area contributed by atoms with Crippen LogP contribution in [-0.2, 0) is 6.61 Å². The Bertz CT molecular complexity index is 887. The number of anilines is 1. The average molecular weight is 406 g/mol. The Kier molecular flexibility index (Phi) is 6.49. The van der Waals surface area contributed by atoms with Crippen LogP contribution >= 0.6 is 34.7 Å². The molecule has 1 heterocycles. The molecule has 0 aliphatic rings. The van der Waals surface area contributed by atoms with Gasteiger partial charge in [0, 0.05) is 5.02 Å². The van der Waals surface area contributed by atoms with E-state index in [-0.39, 0.29) is 5.91 Å². The third-order valence-electron chi connectivity index (χ3n) is 3.32. The minimum atomic E-state index is -0.334. The molecule has 3 aromatic rings. The predicted molar refractivity (Wildman–Crippen MR) is 106 cm³/mol. The molecule has 1 amide bonds. The molecule has 0 spiro atoms. The van der Waals surface area contributed by atoms with E-state index >= 15 is 0 Å². The van der Waals surface area contributed by atoms with Gasteiger partial charge in [0.25, 0.3) is 5.91 Å². The summed E-state index contributed by atoms with van der Waals surface area (Å²) in [6.07, 6.45) is 0. The minimum Gasteiger partial charge on any atom is -0.488 e. The van der Waals surface area contributed by atoms with E-state index in [1.807, 2.05) is 37.3 Å². The molecule has 0 aliphatic carbocycles. The smallest absolute Gasteiger partial charge is 0.261 e. The topological polar surface area (TPSA) is 64.1 Å². The van der Waals surface area contributed by atoms with Gasteiger partial charge in [-0.25, -0.2) is 0 Å². The number of nitrogens with zero attached hydrogens (tertiary/aromatic N) is 2. The molecule has 1 N–H and O–H groups in total. The summed E-state index contributed by atoms with van der Waals surface area (Å²) in [6, 6.07) is 14.7.